The molecule has 0 aliphatic carbocycles. The van der Waals surface area contributed by atoms with Gasteiger partial charge in [0.2, 0.25) is 0 Å². The molecule has 1 aromatic heterocycles. The number of anilines is 1. The summed E-state index contributed by atoms with van der Waals surface area (Å²) in [6.07, 6.45) is 3.39. The quantitative estimate of drug-likeness (QED) is 0.343. The summed E-state index contributed by atoms with van der Waals surface area (Å²) in [5.74, 6) is 0.305. The third kappa shape index (κ3) is 6.30. The van der Waals surface area contributed by atoms with Gasteiger partial charge in [0.1, 0.15) is 0 Å². The number of para-hydroxylation sites is 1. The zero-order chi connectivity index (χ0) is 22.9. The molecule has 0 aliphatic heterocycles. The van der Waals surface area contributed by atoms with Crippen LogP contribution < -0.4 is 10.6 Å². The number of carbonyl (C=O) groups is 2. The highest BCUT2D eigenvalue weighted by Gasteiger charge is 2.14. The molecule has 0 spiro atoms. The Kier molecular flexibility index (Phi) is 7.51. The summed E-state index contributed by atoms with van der Waals surface area (Å²) in [7, 11) is 0. The summed E-state index contributed by atoms with van der Waals surface area (Å²) in [5.41, 5.74) is 3.45. The van der Waals surface area contributed by atoms with Gasteiger partial charge in [0.25, 0.3) is 11.8 Å². The van der Waals surface area contributed by atoms with Gasteiger partial charge in [0, 0.05) is 35.2 Å². The van der Waals surface area contributed by atoms with Crippen molar-refractivity contribution in [3.05, 3.63) is 126 Å². The Morgan fingerprint density at radius 1 is 0.758 bits per heavy atom. The molecular formula is C27H23N3O2S. The van der Waals surface area contributed by atoms with Gasteiger partial charge in [0.15, 0.2) is 0 Å². The summed E-state index contributed by atoms with van der Waals surface area (Å²) in [6, 6.07) is 28.4. The average Bonchev–Trinajstić information content (AvgIpc) is 2.88. The van der Waals surface area contributed by atoms with Crippen molar-refractivity contribution in [2.24, 2.45) is 0 Å². The fourth-order valence-electron chi connectivity index (χ4n) is 3.20. The smallest absolute Gasteiger partial charge is 0.255 e. The van der Waals surface area contributed by atoms with E-state index in [-0.39, 0.29) is 11.8 Å². The fraction of sp³-hybridized carbons (Fsp3) is 0.0741. The number of hydrogen-bond donors (Lipinski definition) is 2. The van der Waals surface area contributed by atoms with E-state index >= 15 is 0 Å². The normalized spacial score (nSPS) is 10.4. The van der Waals surface area contributed by atoms with Gasteiger partial charge in [-0.05, 0) is 53.6 Å². The maximum atomic E-state index is 12.8. The molecule has 0 bridgehead atoms. The third-order valence-electron chi connectivity index (χ3n) is 4.96. The lowest BCUT2D eigenvalue weighted by Crippen LogP contribution is -2.25. The molecular weight excluding hydrogens is 430 g/mol. The molecule has 0 atom stereocenters. The van der Waals surface area contributed by atoms with Crippen LogP contribution in [0.2, 0.25) is 0 Å². The Labute approximate surface area is 197 Å². The van der Waals surface area contributed by atoms with Crippen LogP contribution in [0, 0.1) is 0 Å². The average molecular weight is 454 g/mol. The SMILES string of the molecule is O=C(Nc1ccccc1C(=O)NCc1cccnc1)c1ccc(CSc2ccccc2)cc1. The minimum absolute atomic E-state index is 0.259. The van der Waals surface area contributed by atoms with E-state index in [2.05, 4.69) is 27.8 Å². The highest BCUT2D eigenvalue weighted by molar-refractivity contribution is 7.98. The lowest BCUT2D eigenvalue weighted by Gasteiger charge is -2.12. The number of rotatable bonds is 8. The van der Waals surface area contributed by atoms with Gasteiger partial charge in [-0.2, -0.15) is 0 Å². The van der Waals surface area contributed by atoms with E-state index in [1.807, 2.05) is 42.5 Å². The number of nitrogens with one attached hydrogen (secondary N) is 2. The number of aromatic nitrogens is 1. The van der Waals surface area contributed by atoms with Crippen LogP contribution in [0.25, 0.3) is 0 Å². The van der Waals surface area contributed by atoms with Crippen molar-refractivity contribution in [1.82, 2.24) is 10.3 Å². The van der Waals surface area contributed by atoms with Crippen molar-refractivity contribution in [2.75, 3.05) is 5.32 Å². The molecule has 4 rings (SSSR count). The van der Waals surface area contributed by atoms with Crippen LogP contribution in [0.1, 0.15) is 31.8 Å². The maximum absolute atomic E-state index is 12.8. The number of benzene rings is 3. The van der Waals surface area contributed by atoms with E-state index in [0.717, 1.165) is 16.9 Å². The first-order chi connectivity index (χ1) is 16.2. The molecule has 3 aromatic carbocycles. The van der Waals surface area contributed by atoms with E-state index in [4.69, 9.17) is 0 Å². The number of nitrogens with zero attached hydrogens (tertiary/aromatic N) is 1. The molecule has 164 valence electrons. The predicted octanol–water partition coefficient (Wildman–Crippen LogP) is 5.56. The molecule has 0 fully saturated rings. The third-order valence-corrected chi connectivity index (χ3v) is 6.04. The van der Waals surface area contributed by atoms with Crippen molar-refractivity contribution in [1.29, 1.82) is 0 Å². The molecule has 33 heavy (non-hydrogen) atoms. The van der Waals surface area contributed by atoms with Gasteiger partial charge in [0.05, 0.1) is 11.3 Å². The molecule has 0 aliphatic rings. The molecule has 5 nitrogen and oxygen atoms in total. The molecule has 4 aromatic rings. The van der Waals surface area contributed by atoms with Crippen LogP contribution in [0.5, 0.6) is 0 Å². The van der Waals surface area contributed by atoms with Gasteiger partial charge < -0.3 is 10.6 Å². The number of carbonyl (C=O) groups excluding carboxylic acids is 2. The summed E-state index contributed by atoms with van der Waals surface area (Å²) in [5, 5.41) is 5.74. The number of amides is 2. The van der Waals surface area contributed by atoms with E-state index in [1.165, 1.54) is 4.90 Å². The highest BCUT2D eigenvalue weighted by Crippen LogP contribution is 2.23. The molecule has 6 heteroatoms. The molecule has 0 saturated heterocycles. The lowest BCUT2D eigenvalue weighted by molar-refractivity contribution is 0.0951. The Bertz CT molecular complexity index is 1210. The second-order valence-electron chi connectivity index (χ2n) is 7.34. The van der Waals surface area contributed by atoms with Gasteiger partial charge in [-0.15, -0.1) is 11.8 Å². The molecule has 0 unspecified atom stereocenters. The first-order valence-corrected chi connectivity index (χ1v) is 11.5. The molecule has 2 N–H and O–H groups in total. The van der Waals surface area contributed by atoms with E-state index < -0.39 is 0 Å². The fourth-order valence-corrected chi connectivity index (χ4v) is 4.08. The van der Waals surface area contributed by atoms with Crippen molar-refractivity contribution in [2.45, 2.75) is 17.2 Å². The van der Waals surface area contributed by atoms with Crippen molar-refractivity contribution < 1.29 is 9.59 Å². The number of hydrogen-bond acceptors (Lipinski definition) is 4. The van der Waals surface area contributed by atoms with Crippen LogP contribution in [0.4, 0.5) is 5.69 Å². The van der Waals surface area contributed by atoms with Crippen LogP contribution in [-0.4, -0.2) is 16.8 Å². The largest absolute Gasteiger partial charge is 0.348 e. The Morgan fingerprint density at radius 3 is 2.27 bits per heavy atom. The van der Waals surface area contributed by atoms with Crippen LogP contribution >= 0.6 is 11.8 Å². The number of thioether (sulfide) groups is 1. The Hall–Kier alpha value is -3.90. The minimum atomic E-state index is -0.261. The molecule has 2 amide bonds. The van der Waals surface area contributed by atoms with E-state index in [9.17, 15) is 9.59 Å². The van der Waals surface area contributed by atoms with Gasteiger partial charge in [-0.3, -0.25) is 14.6 Å². The van der Waals surface area contributed by atoms with E-state index in [1.54, 1.807) is 60.6 Å². The summed E-state index contributed by atoms with van der Waals surface area (Å²) in [4.78, 5) is 30.8. The Morgan fingerprint density at radius 2 is 1.52 bits per heavy atom. The van der Waals surface area contributed by atoms with Crippen molar-refractivity contribution >= 4 is 29.3 Å². The molecule has 1 heterocycles. The molecule has 0 radical (unpaired) electrons. The zero-order valence-corrected chi connectivity index (χ0v) is 18.7. The topological polar surface area (TPSA) is 71.1 Å². The van der Waals surface area contributed by atoms with Crippen LogP contribution in [0.15, 0.2) is 108 Å². The zero-order valence-electron chi connectivity index (χ0n) is 17.9. The molecule has 0 saturated carbocycles. The first kappa shape index (κ1) is 22.3. The second kappa shape index (κ2) is 11.1. The van der Waals surface area contributed by atoms with Crippen molar-refractivity contribution in [3.8, 4) is 0 Å². The summed E-state index contributed by atoms with van der Waals surface area (Å²) in [6.45, 7) is 0.359. The van der Waals surface area contributed by atoms with Crippen molar-refractivity contribution in [3.63, 3.8) is 0 Å². The van der Waals surface area contributed by atoms with Crippen LogP contribution in [0.3, 0.4) is 0 Å². The minimum Gasteiger partial charge on any atom is -0.348 e. The first-order valence-electron chi connectivity index (χ1n) is 10.5. The summed E-state index contributed by atoms with van der Waals surface area (Å²) >= 11 is 1.75. The van der Waals surface area contributed by atoms with Gasteiger partial charge >= 0.3 is 0 Å². The van der Waals surface area contributed by atoms with Gasteiger partial charge in [-0.1, -0.05) is 48.5 Å². The summed E-state index contributed by atoms with van der Waals surface area (Å²) < 4.78 is 0. The predicted molar refractivity (Wildman–Crippen MR) is 132 cm³/mol. The number of pyridine rings is 1. The van der Waals surface area contributed by atoms with E-state index in [0.29, 0.717) is 23.4 Å². The monoisotopic (exact) mass is 453 g/mol. The second-order valence-corrected chi connectivity index (χ2v) is 8.39. The highest BCUT2D eigenvalue weighted by atomic mass is 32.2. The maximum Gasteiger partial charge on any atom is 0.255 e. The standard InChI is InChI=1S/C27H23N3O2S/c31-26(22-14-12-20(13-15-22)19-33-23-8-2-1-3-9-23)30-25-11-5-4-10-24(25)27(32)29-18-21-7-6-16-28-17-21/h1-17H,18-19H2,(H,29,32)(H,30,31). The Balaban J connectivity index is 1.37. The van der Waals surface area contributed by atoms with Gasteiger partial charge in [-0.25, -0.2) is 0 Å². The lowest BCUT2D eigenvalue weighted by atomic mass is 10.1. The van der Waals surface area contributed by atoms with Crippen LogP contribution in [-0.2, 0) is 12.3 Å².